The van der Waals surface area contributed by atoms with Crippen LogP contribution in [0.25, 0.3) is 11.1 Å². The van der Waals surface area contributed by atoms with Crippen molar-refractivity contribution >= 4 is 23.6 Å². The number of benzene rings is 2. The van der Waals surface area contributed by atoms with Crippen molar-refractivity contribution in [3.05, 3.63) is 52.0 Å². The summed E-state index contributed by atoms with van der Waals surface area (Å²) in [6.07, 6.45) is 0. The minimum atomic E-state index is -0.0662. The maximum atomic E-state index is 8.75. The fraction of sp³-hybridized carbons (Fsp3) is 0.200. The molecule has 1 aliphatic carbocycles. The summed E-state index contributed by atoms with van der Waals surface area (Å²) >= 11 is 3.54. The van der Waals surface area contributed by atoms with E-state index in [2.05, 4.69) is 54.0 Å². The van der Waals surface area contributed by atoms with Gasteiger partial charge in [-0.1, -0.05) is 41.9 Å². The van der Waals surface area contributed by atoms with Crippen LogP contribution in [-0.2, 0) is 5.41 Å². The van der Waals surface area contributed by atoms with Crippen LogP contribution >= 0.6 is 15.9 Å². The minimum Gasteiger partial charge on any atom is -0.537 e. The van der Waals surface area contributed by atoms with E-state index in [4.69, 9.17) is 9.68 Å². The van der Waals surface area contributed by atoms with Gasteiger partial charge < -0.3 is 9.68 Å². The van der Waals surface area contributed by atoms with Gasteiger partial charge in [0, 0.05) is 9.89 Å². The third-order valence-electron chi connectivity index (χ3n) is 3.80. The van der Waals surface area contributed by atoms with Gasteiger partial charge >= 0.3 is 7.69 Å². The Morgan fingerprint density at radius 2 is 1.68 bits per heavy atom. The van der Waals surface area contributed by atoms with E-state index in [1.807, 2.05) is 12.1 Å². The first-order chi connectivity index (χ1) is 9.04. The average Bonchev–Trinajstić information content (AvgIpc) is 2.59. The molecule has 0 saturated heterocycles. The Balaban J connectivity index is 2.22. The Labute approximate surface area is 121 Å². The summed E-state index contributed by atoms with van der Waals surface area (Å²) in [5, 5.41) is 8.75. The second-order valence-corrected chi connectivity index (χ2v) is 6.16. The average molecular weight is 316 g/mol. The lowest BCUT2D eigenvalue weighted by molar-refractivity contribution is 0.453. The number of rotatable bonds is 2. The van der Waals surface area contributed by atoms with Crippen LogP contribution in [0.2, 0.25) is 0 Å². The second-order valence-electron chi connectivity index (χ2n) is 5.25. The van der Waals surface area contributed by atoms with Gasteiger partial charge in [-0.2, -0.15) is 0 Å². The van der Waals surface area contributed by atoms with Crippen LogP contribution in [0.4, 0.5) is 0 Å². The van der Waals surface area contributed by atoms with Gasteiger partial charge in [0.15, 0.2) is 0 Å². The van der Waals surface area contributed by atoms with Gasteiger partial charge in [-0.15, -0.1) is 0 Å². The first-order valence-corrected chi connectivity index (χ1v) is 6.91. The predicted octanol–water partition coefficient (Wildman–Crippen LogP) is 3.66. The van der Waals surface area contributed by atoms with E-state index in [1.54, 1.807) is 0 Å². The monoisotopic (exact) mass is 315 g/mol. The second kappa shape index (κ2) is 4.39. The van der Waals surface area contributed by atoms with Crippen molar-refractivity contribution in [3.8, 4) is 16.9 Å². The highest BCUT2D eigenvalue weighted by atomic mass is 79.9. The lowest BCUT2D eigenvalue weighted by Crippen LogP contribution is -2.15. The maximum absolute atomic E-state index is 8.75. The van der Waals surface area contributed by atoms with Crippen LogP contribution in [-0.4, -0.2) is 12.7 Å². The Morgan fingerprint density at radius 3 is 2.37 bits per heavy atom. The number of hydrogen-bond donors (Lipinski definition) is 1. The van der Waals surface area contributed by atoms with Gasteiger partial charge in [0.25, 0.3) is 0 Å². The zero-order valence-electron chi connectivity index (χ0n) is 10.8. The van der Waals surface area contributed by atoms with Crippen molar-refractivity contribution < 1.29 is 9.68 Å². The number of halogens is 1. The largest absolute Gasteiger partial charge is 0.569 e. The van der Waals surface area contributed by atoms with Crippen molar-refractivity contribution in [2.75, 3.05) is 0 Å². The molecule has 0 bridgehead atoms. The van der Waals surface area contributed by atoms with Crippen molar-refractivity contribution in [1.82, 2.24) is 0 Å². The van der Waals surface area contributed by atoms with Crippen molar-refractivity contribution in [3.63, 3.8) is 0 Å². The maximum Gasteiger partial charge on any atom is 0.569 e. The molecule has 0 atom stereocenters. The molecule has 0 amide bonds. The molecule has 0 spiro atoms. The molecule has 2 aromatic rings. The summed E-state index contributed by atoms with van der Waals surface area (Å²) in [6, 6.07) is 12.3. The highest BCUT2D eigenvalue weighted by molar-refractivity contribution is 9.10. The molecule has 95 valence electrons. The summed E-state index contributed by atoms with van der Waals surface area (Å²) in [5.41, 5.74) is 4.96. The van der Waals surface area contributed by atoms with E-state index >= 15 is 0 Å². The SMILES string of the molecule is CC1(C)c2cc(Br)ccc2-c2ccc(O[B]O)cc21. The molecule has 4 heteroatoms. The van der Waals surface area contributed by atoms with Crippen molar-refractivity contribution in [2.45, 2.75) is 19.3 Å². The van der Waals surface area contributed by atoms with Crippen molar-refractivity contribution in [2.24, 2.45) is 0 Å². The molecule has 1 radical (unpaired) electrons. The van der Waals surface area contributed by atoms with Gasteiger partial charge in [-0.25, -0.2) is 0 Å². The van der Waals surface area contributed by atoms with Crippen LogP contribution in [0, 0.1) is 0 Å². The molecule has 19 heavy (non-hydrogen) atoms. The minimum absolute atomic E-state index is 0.0662. The van der Waals surface area contributed by atoms with Crippen LogP contribution in [0.15, 0.2) is 40.9 Å². The van der Waals surface area contributed by atoms with E-state index in [0.29, 0.717) is 13.4 Å². The Hall–Kier alpha value is -1.26. The third kappa shape index (κ3) is 1.90. The molecule has 0 aliphatic heterocycles. The Morgan fingerprint density at radius 1 is 1.05 bits per heavy atom. The summed E-state index contributed by atoms with van der Waals surface area (Å²) in [6.45, 7) is 4.41. The molecule has 0 unspecified atom stereocenters. The van der Waals surface area contributed by atoms with Crippen LogP contribution < -0.4 is 4.65 Å². The van der Waals surface area contributed by atoms with Crippen LogP contribution in [0.3, 0.4) is 0 Å². The van der Waals surface area contributed by atoms with Gasteiger partial charge in [-0.05, 0) is 46.5 Å². The highest BCUT2D eigenvalue weighted by Gasteiger charge is 2.35. The summed E-state index contributed by atoms with van der Waals surface area (Å²) in [7, 11) is 0.716. The molecule has 1 N–H and O–H groups in total. The fourth-order valence-electron chi connectivity index (χ4n) is 2.82. The van der Waals surface area contributed by atoms with Crippen molar-refractivity contribution in [1.29, 1.82) is 0 Å². The third-order valence-corrected chi connectivity index (χ3v) is 4.29. The van der Waals surface area contributed by atoms with Gasteiger partial charge in [0.1, 0.15) is 5.75 Å². The van der Waals surface area contributed by atoms with Gasteiger partial charge in [0.2, 0.25) is 0 Å². The molecule has 2 nitrogen and oxygen atoms in total. The van der Waals surface area contributed by atoms with E-state index < -0.39 is 0 Å². The van der Waals surface area contributed by atoms with Crippen LogP contribution in [0.5, 0.6) is 5.75 Å². The number of fused-ring (bicyclic) bond motifs is 3. The quantitative estimate of drug-likeness (QED) is 0.857. The van der Waals surface area contributed by atoms with Gasteiger partial charge in [-0.3, -0.25) is 0 Å². The summed E-state index contributed by atoms with van der Waals surface area (Å²) in [4.78, 5) is 0. The molecule has 1 aliphatic rings. The zero-order valence-corrected chi connectivity index (χ0v) is 12.4. The van der Waals surface area contributed by atoms with E-state index in [9.17, 15) is 0 Å². The topological polar surface area (TPSA) is 29.5 Å². The molecule has 0 fully saturated rings. The predicted molar refractivity (Wildman–Crippen MR) is 80.3 cm³/mol. The lowest BCUT2D eigenvalue weighted by Gasteiger charge is -2.22. The van der Waals surface area contributed by atoms with E-state index in [0.717, 1.165) is 4.47 Å². The normalized spacial score (nSPS) is 14.7. The van der Waals surface area contributed by atoms with E-state index in [-0.39, 0.29) is 5.41 Å². The Bertz CT molecular complexity index is 653. The molecular formula is C15H13BBrO2. The molecule has 0 saturated carbocycles. The Kier molecular flexibility index (Phi) is 2.95. The molecule has 0 heterocycles. The smallest absolute Gasteiger partial charge is 0.537 e. The highest BCUT2D eigenvalue weighted by Crippen LogP contribution is 2.50. The molecule has 2 aromatic carbocycles. The summed E-state index contributed by atoms with van der Waals surface area (Å²) in [5.74, 6) is 0.654. The first-order valence-electron chi connectivity index (χ1n) is 6.11. The lowest BCUT2D eigenvalue weighted by atomic mass is 9.82. The zero-order chi connectivity index (χ0) is 13.6. The first kappa shape index (κ1) is 12.8. The van der Waals surface area contributed by atoms with Crippen LogP contribution in [0.1, 0.15) is 25.0 Å². The standard InChI is InChI=1S/C15H13BBrO2/c1-15(2)13-7-9(17)3-5-11(13)12-6-4-10(19-16-18)8-14(12)15/h3-8,18H,1-2H3. The molecule has 3 rings (SSSR count). The van der Waals surface area contributed by atoms with Gasteiger partial charge in [0.05, 0.1) is 0 Å². The fourth-order valence-corrected chi connectivity index (χ4v) is 3.18. The van der Waals surface area contributed by atoms with E-state index in [1.165, 1.54) is 22.3 Å². The molecule has 0 aromatic heterocycles. The molecular weight excluding hydrogens is 303 g/mol. The number of hydrogen-bond acceptors (Lipinski definition) is 2. The summed E-state index contributed by atoms with van der Waals surface area (Å²) < 4.78 is 6.16.